The van der Waals surface area contributed by atoms with E-state index in [4.69, 9.17) is 4.74 Å². The van der Waals surface area contributed by atoms with Crippen molar-refractivity contribution in [3.05, 3.63) is 119 Å². The number of benzene rings is 2. The fraction of sp³-hybridized carbons (Fsp3) is 0.351. The van der Waals surface area contributed by atoms with Crippen LogP contribution in [0.2, 0.25) is 0 Å². The number of piperidine rings is 2. The summed E-state index contributed by atoms with van der Waals surface area (Å²) in [6.07, 6.45) is 8.61. The minimum Gasteiger partial charge on any atom is -0.497 e. The van der Waals surface area contributed by atoms with E-state index < -0.39 is 5.60 Å². The molecule has 3 aromatic heterocycles. The molecular formula is C37H40N6O4. The van der Waals surface area contributed by atoms with E-state index in [9.17, 15) is 14.7 Å². The summed E-state index contributed by atoms with van der Waals surface area (Å²) in [5.74, 6) is 0.857. The number of fused-ring (bicyclic) bond motifs is 1. The highest BCUT2D eigenvalue weighted by Gasteiger charge is 2.41. The molecule has 0 aliphatic carbocycles. The number of methoxy groups -OCH3 is 1. The minimum atomic E-state index is -1.11. The minimum absolute atomic E-state index is 0.0801. The van der Waals surface area contributed by atoms with Crippen LogP contribution in [-0.4, -0.2) is 78.8 Å². The Morgan fingerprint density at radius 3 is 2.51 bits per heavy atom. The molecule has 0 spiro atoms. The smallest absolute Gasteiger partial charge is 0.262 e. The van der Waals surface area contributed by atoms with Crippen molar-refractivity contribution in [2.24, 2.45) is 5.92 Å². The first-order chi connectivity index (χ1) is 22.9. The normalized spacial score (nSPS) is 19.9. The van der Waals surface area contributed by atoms with Gasteiger partial charge in [-0.15, -0.1) is 0 Å². The van der Waals surface area contributed by atoms with Crippen molar-refractivity contribution in [2.75, 3.05) is 33.3 Å². The maximum Gasteiger partial charge on any atom is 0.262 e. The second-order valence-electron chi connectivity index (χ2n) is 12.9. The lowest BCUT2D eigenvalue weighted by Crippen LogP contribution is -2.53. The van der Waals surface area contributed by atoms with Crippen LogP contribution < -0.4 is 10.3 Å². The summed E-state index contributed by atoms with van der Waals surface area (Å²) in [4.78, 5) is 40.8. The van der Waals surface area contributed by atoms with Gasteiger partial charge in [-0.1, -0.05) is 36.4 Å². The fourth-order valence-electron chi connectivity index (χ4n) is 7.22. The third-order valence-corrected chi connectivity index (χ3v) is 9.86. The first kappa shape index (κ1) is 30.8. The molecule has 5 heterocycles. The van der Waals surface area contributed by atoms with Crippen molar-refractivity contribution in [3.8, 4) is 11.4 Å². The van der Waals surface area contributed by atoms with Crippen molar-refractivity contribution in [2.45, 2.75) is 43.9 Å². The van der Waals surface area contributed by atoms with Crippen molar-refractivity contribution in [3.63, 3.8) is 0 Å². The van der Waals surface area contributed by atoms with Crippen molar-refractivity contribution in [1.29, 1.82) is 0 Å². The Kier molecular flexibility index (Phi) is 8.62. The molecule has 0 bridgehead atoms. The van der Waals surface area contributed by atoms with E-state index in [1.54, 1.807) is 19.4 Å². The molecule has 2 saturated heterocycles. The molecule has 0 saturated carbocycles. The lowest BCUT2D eigenvalue weighted by Gasteiger charge is -2.43. The van der Waals surface area contributed by atoms with Crippen LogP contribution in [0.15, 0.2) is 103 Å². The molecule has 1 N–H and O–H groups in total. The molecule has 2 aliphatic rings. The predicted octanol–water partition coefficient (Wildman–Crippen LogP) is 4.25. The Hall–Kier alpha value is -4.80. The van der Waals surface area contributed by atoms with Gasteiger partial charge in [0, 0.05) is 62.3 Å². The lowest BCUT2D eigenvalue weighted by molar-refractivity contribution is -0.142. The number of hydrogen-bond acceptors (Lipinski definition) is 7. The quantitative estimate of drug-likeness (QED) is 0.273. The number of nitrogens with zero attached hydrogens (tertiary/aromatic N) is 6. The van der Waals surface area contributed by atoms with Gasteiger partial charge in [-0.2, -0.15) is 0 Å². The summed E-state index contributed by atoms with van der Waals surface area (Å²) in [7, 11) is 1.62. The second kappa shape index (κ2) is 13.1. The van der Waals surface area contributed by atoms with Crippen LogP contribution in [0.4, 0.5) is 0 Å². The van der Waals surface area contributed by atoms with Crippen LogP contribution in [0.3, 0.4) is 0 Å². The van der Waals surface area contributed by atoms with Crippen LogP contribution in [-0.2, 0) is 17.9 Å². The largest absolute Gasteiger partial charge is 0.497 e. The van der Waals surface area contributed by atoms with Crippen molar-refractivity contribution >= 4 is 16.9 Å². The van der Waals surface area contributed by atoms with E-state index in [0.29, 0.717) is 37.0 Å². The molecule has 10 nitrogen and oxygen atoms in total. The standard InChI is InChI=1S/C37H40N6O4/c1-47-30-11-9-29(10-12-30)43-19-14-32-34(43)39-26-42(36(32)45)25-37(46)15-20-41(21-16-37)35(44)31-13-18-40(23-27-6-5-17-38-22-27)24-33(31)28-7-3-2-4-8-28/h2-12,14,17,19,22,26,31,33,46H,13,15-16,18,20-21,23-25H2,1H3/t31-,33+/m1/s1. The van der Waals surface area contributed by atoms with Gasteiger partial charge in [0.25, 0.3) is 5.56 Å². The van der Waals surface area contributed by atoms with Gasteiger partial charge in [-0.25, -0.2) is 4.98 Å². The first-order valence-corrected chi connectivity index (χ1v) is 16.3. The number of aromatic nitrogens is 4. The predicted molar refractivity (Wildman–Crippen MR) is 179 cm³/mol. The van der Waals surface area contributed by atoms with Gasteiger partial charge in [-0.3, -0.25) is 24.0 Å². The third-order valence-electron chi connectivity index (χ3n) is 9.86. The molecule has 2 aromatic carbocycles. The molecular weight excluding hydrogens is 592 g/mol. The van der Waals surface area contributed by atoms with E-state index in [-0.39, 0.29) is 29.8 Å². The molecule has 1 amide bonds. The zero-order valence-corrected chi connectivity index (χ0v) is 26.6. The number of hydrogen-bond donors (Lipinski definition) is 1. The topological polar surface area (TPSA) is 106 Å². The van der Waals surface area contributed by atoms with Gasteiger partial charge in [0.1, 0.15) is 12.1 Å². The number of carbonyl (C=O) groups excluding carboxylic acids is 1. The van der Waals surface area contributed by atoms with Crippen LogP contribution in [0.1, 0.15) is 36.3 Å². The molecule has 10 heteroatoms. The van der Waals surface area contributed by atoms with Crippen LogP contribution in [0.25, 0.3) is 16.7 Å². The molecule has 2 fully saturated rings. The SMILES string of the molecule is COc1ccc(-n2ccc3c(=O)n(CC4(O)CCN(C(=O)[C@@H]5CCN(Cc6cccnc6)C[C@H]5c5ccccc5)CC4)cnc32)cc1. The number of ether oxygens (including phenoxy) is 1. The Morgan fingerprint density at radius 2 is 1.79 bits per heavy atom. The summed E-state index contributed by atoms with van der Waals surface area (Å²) in [6.45, 7) is 3.47. The lowest BCUT2D eigenvalue weighted by atomic mass is 9.79. The fourth-order valence-corrected chi connectivity index (χ4v) is 7.22. The zero-order chi connectivity index (χ0) is 32.4. The van der Waals surface area contributed by atoms with E-state index in [2.05, 4.69) is 33.1 Å². The average molecular weight is 633 g/mol. The highest BCUT2D eigenvalue weighted by atomic mass is 16.5. The third kappa shape index (κ3) is 6.43. The molecule has 0 radical (unpaired) electrons. The Labute approximate surface area is 273 Å². The number of likely N-dealkylation sites (tertiary alicyclic amines) is 2. The monoisotopic (exact) mass is 632 g/mol. The van der Waals surface area contributed by atoms with Gasteiger partial charge in [0.05, 0.1) is 24.6 Å². The van der Waals surface area contributed by atoms with Crippen LogP contribution in [0.5, 0.6) is 5.75 Å². The van der Waals surface area contributed by atoms with E-state index in [1.807, 2.05) is 70.4 Å². The molecule has 2 aliphatic heterocycles. The number of aliphatic hydroxyl groups is 1. The molecule has 2 atom stereocenters. The van der Waals surface area contributed by atoms with Gasteiger partial charge in [-0.05, 0) is 73.3 Å². The van der Waals surface area contributed by atoms with E-state index >= 15 is 0 Å². The Bertz CT molecular complexity index is 1880. The highest BCUT2D eigenvalue weighted by Crippen LogP contribution is 2.36. The number of pyridine rings is 1. The molecule has 242 valence electrons. The maximum atomic E-state index is 14.1. The van der Waals surface area contributed by atoms with Crippen LogP contribution in [0, 0.1) is 5.92 Å². The van der Waals surface area contributed by atoms with Gasteiger partial charge in [0.2, 0.25) is 5.91 Å². The first-order valence-electron chi connectivity index (χ1n) is 16.3. The van der Waals surface area contributed by atoms with Gasteiger partial charge < -0.3 is 19.3 Å². The second-order valence-corrected chi connectivity index (χ2v) is 12.9. The van der Waals surface area contributed by atoms with Gasteiger partial charge in [0.15, 0.2) is 5.65 Å². The summed E-state index contributed by atoms with van der Waals surface area (Å²) < 4.78 is 8.63. The summed E-state index contributed by atoms with van der Waals surface area (Å²) in [5, 5.41) is 12.1. The average Bonchev–Trinajstić information content (AvgIpc) is 3.55. The maximum absolute atomic E-state index is 14.1. The summed E-state index contributed by atoms with van der Waals surface area (Å²) in [5.41, 5.74) is 2.47. The highest BCUT2D eigenvalue weighted by molar-refractivity contribution is 5.80. The molecule has 7 rings (SSSR count). The zero-order valence-electron chi connectivity index (χ0n) is 26.6. The molecule has 47 heavy (non-hydrogen) atoms. The van der Waals surface area contributed by atoms with Crippen molar-refractivity contribution < 1.29 is 14.6 Å². The number of rotatable bonds is 8. The van der Waals surface area contributed by atoms with Gasteiger partial charge >= 0.3 is 0 Å². The Morgan fingerprint density at radius 1 is 1.00 bits per heavy atom. The van der Waals surface area contributed by atoms with Crippen LogP contribution >= 0.6 is 0 Å². The Balaban J connectivity index is 1.02. The molecule has 5 aromatic rings. The summed E-state index contributed by atoms with van der Waals surface area (Å²) >= 11 is 0. The summed E-state index contributed by atoms with van der Waals surface area (Å²) in [6, 6.07) is 23.7. The molecule has 0 unspecified atom stereocenters. The number of amides is 1. The van der Waals surface area contributed by atoms with E-state index in [0.717, 1.165) is 37.5 Å². The van der Waals surface area contributed by atoms with E-state index in [1.165, 1.54) is 22.0 Å². The van der Waals surface area contributed by atoms with Crippen molar-refractivity contribution in [1.82, 2.24) is 28.9 Å². The number of carbonyl (C=O) groups is 1.